The van der Waals surface area contributed by atoms with E-state index in [4.69, 9.17) is 0 Å². The summed E-state index contributed by atoms with van der Waals surface area (Å²) in [6, 6.07) is 5.86. The van der Waals surface area contributed by atoms with E-state index in [1.807, 2.05) is 18.2 Å². The molecule has 2 N–H and O–H groups in total. The number of benzene rings is 1. The average Bonchev–Trinajstić information content (AvgIpc) is 2.85. The molecular formula is C16H23N3O. The standard InChI is InChI=1S/C16H23N3O/c1-11(2)6-4-7-12(3)18-16(20)14-9-5-8-13-10-17-19-15(13)14/h5,8-12H,4,6-7H2,1-3H3,(H,17,19)(H,18,20). The fourth-order valence-electron chi connectivity index (χ4n) is 2.36. The van der Waals surface area contributed by atoms with E-state index >= 15 is 0 Å². The second-order valence-corrected chi connectivity index (χ2v) is 5.84. The van der Waals surface area contributed by atoms with Crippen LogP contribution in [0.15, 0.2) is 24.4 Å². The second kappa shape index (κ2) is 6.55. The van der Waals surface area contributed by atoms with Gasteiger partial charge in [-0.1, -0.05) is 38.8 Å². The van der Waals surface area contributed by atoms with Gasteiger partial charge in [-0.15, -0.1) is 0 Å². The fourth-order valence-corrected chi connectivity index (χ4v) is 2.36. The molecule has 0 aliphatic heterocycles. The van der Waals surface area contributed by atoms with Crippen LogP contribution < -0.4 is 5.32 Å². The van der Waals surface area contributed by atoms with Crippen LogP contribution in [0.2, 0.25) is 0 Å². The van der Waals surface area contributed by atoms with Gasteiger partial charge in [-0.25, -0.2) is 0 Å². The average molecular weight is 273 g/mol. The van der Waals surface area contributed by atoms with Gasteiger partial charge in [0, 0.05) is 11.4 Å². The number of hydrogen-bond donors (Lipinski definition) is 2. The molecule has 1 amide bonds. The van der Waals surface area contributed by atoms with Crippen molar-refractivity contribution in [1.29, 1.82) is 0 Å². The van der Waals surface area contributed by atoms with Gasteiger partial charge in [0.2, 0.25) is 0 Å². The zero-order valence-electron chi connectivity index (χ0n) is 12.4. The summed E-state index contributed by atoms with van der Waals surface area (Å²) in [6.07, 6.45) is 5.10. The van der Waals surface area contributed by atoms with E-state index in [2.05, 4.69) is 36.3 Å². The van der Waals surface area contributed by atoms with Crippen LogP contribution in [0.25, 0.3) is 10.9 Å². The highest BCUT2D eigenvalue weighted by molar-refractivity contribution is 6.05. The van der Waals surface area contributed by atoms with Gasteiger partial charge in [-0.2, -0.15) is 5.10 Å². The van der Waals surface area contributed by atoms with E-state index in [-0.39, 0.29) is 11.9 Å². The van der Waals surface area contributed by atoms with Gasteiger partial charge in [0.15, 0.2) is 0 Å². The lowest BCUT2D eigenvalue weighted by Crippen LogP contribution is -2.32. The molecule has 1 heterocycles. The Bertz CT molecular complexity index is 574. The number of nitrogens with zero attached hydrogens (tertiary/aromatic N) is 1. The molecular weight excluding hydrogens is 250 g/mol. The van der Waals surface area contributed by atoms with Crippen molar-refractivity contribution in [2.45, 2.75) is 46.1 Å². The minimum Gasteiger partial charge on any atom is -0.350 e. The Balaban J connectivity index is 1.96. The maximum absolute atomic E-state index is 12.3. The third kappa shape index (κ3) is 3.59. The van der Waals surface area contributed by atoms with Crippen molar-refractivity contribution < 1.29 is 4.79 Å². The Morgan fingerprint density at radius 1 is 1.30 bits per heavy atom. The molecule has 0 saturated carbocycles. The monoisotopic (exact) mass is 273 g/mol. The first kappa shape index (κ1) is 14.6. The molecule has 0 spiro atoms. The minimum atomic E-state index is -0.0307. The molecule has 1 aromatic heterocycles. The van der Waals surface area contributed by atoms with Crippen LogP contribution in [0.5, 0.6) is 0 Å². The summed E-state index contributed by atoms with van der Waals surface area (Å²) in [5.41, 5.74) is 1.47. The number of H-pyrrole nitrogens is 1. The third-order valence-corrected chi connectivity index (χ3v) is 3.52. The van der Waals surface area contributed by atoms with E-state index < -0.39 is 0 Å². The van der Waals surface area contributed by atoms with Crippen LogP contribution >= 0.6 is 0 Å². The van der Waals surface area contributed by atoms with Gasteiger partial charge in [0.05, 0.1) is 17.3 Å². The van der Waals surface area contributed by atoms with Crippen LogP contribution in [0.1, 0.15) is 50.4 Å². The molecule has 0 aliphatic carbocycles. The first-order valence-corrected chi connectivity index (χ1v) is 7.31. The van der Waals surface area contributed by atoms with Crippen molar-refractivity contribution in [3.05, 3.63) is 30.0 Å². The number of hydrogen-bond acceptors (Lipinski definition) is 2. The molecule has 1 aromatic carbocycles. The highest BCUT2D eigenvalue weighted by Gasteiger charge is 2.13. The van der Waals surface area contributed by atoms with Crippen molar-refractivity contribution in [2.75, 3.05) is 0 Å². The number of rotatable bonds is 6. The lowest BCUT2D eigenvalue weighted by molar-refractivity contribution is 0.0939. The highest BCUT2D eigenvalue weighted by atomic mass is 16.1. The molecule has 20 heavy (non-hydrogen) atoms. The third-order valence-electron chi connectivity index (χ3n) is 3.52. The predicted octanol–water partition coefficient (Wildman–Crippen LogP) is 3.51. The summed E-state index contributed by atoms with van der Waals surface area (Å²) in [6.45, 7) is 6.51. The SMILES string of the molecule is CC(C)CCCC(C)NC(=O)c1cccc2cn[nH]c12. The van der Waals surface area contributed by atoms with Crippen molar-refractivity contribution in [2.24, 2.45) is 5.92 Å². The van der Waals surface area contributed by atoms with E-state index in [9.17, 15) is 4.79 Å². The normalized spacial score (nSPS) is 12.8. The summed E-state index contributed by atoms with van der Waals surface area (Å²) in [5.74, 6) is 0.688. The lowest BCUT2D eigenvalue weighted by Gasteiger charge is -2.14. The van der Waals surface area contributed by atoms with Gasteiger partial charge < -0.3 is 5.32 Å². The summed E-state index contributed by atoms with van der Waals surface area (Å²) < 4.78 is 0. The van der Waals surface area contributed by atoms with Crippen LogP contribution in [0.4, 0.5) is 0 Å². The van der Waals surface area contributed by atoms with Crippen LogP contribution in [-0.4, -0.2) is 22.1 Å². The van der Waals surface area contributed by atoms with E-state index in [1.54, 1.807) is 6.20 Å². The van der Waals surface area contributed by atoms with E-state index in [0.717, 1.165) is 29.7 Å². The molecule has 1 unspecified atom stereocenters. The molecule has 0 radical (unpaired) electrons. The van der Waals surface area contributed by atoms with Crippen LogP contribution in [0.3, 0.4) is 0 Å². The number of carbonyl (C=O) groups is 1. The quantitative estimate of drug-likeness (QED) is 0.846. The Morgan fingerprint density at radius 3 is 2.85 bits per heavy atom. The largest absolute Gasteiger partial charge is 0.350 e. The maximum Gasteiger partial charge on any atom is 0.253 e. The van der Waals surface area contributed by atoms with Crippen molar-refractivity contribution >= 4 is 16.8 Å². The molecule has 0 bridgehead atoms. The number of para-hydroxylation sites is 1. The van der Waals surface area contributed by atoms with Crippen LogP contribution in [0, 0.1) is 5.92 Å². The number of fused-ring (bicyclic) bond motifs is 1. The summed E-state index contributed by atoms with van der Waals surface area (Å²) >= 11 is 0. The molecule has 2 aromatic rings. The minimum absolute atomic E-state index is 0.0307. The van der Waals surface area contributed by atoms with Gasteiger partial charge in [0.25, 0.3) is 5.91 Å². The number of nitrogens with one attached hydrogen (secondary N) is 2. The summed E-state index contributed by atoms with van der Waals surface area (Å²) in [7, 11) is 0. The van der Waals surface area contributed by atoms with Crippen LogP contribution in [-0.2, 0) is 0 Å². The van der Waals surface area contributed by atoms with Gasteiger partial charge in [0.1, 0.15) is 0 Å². The summed E-state index contributed by atoms with van der Waals surface area (Å²) in [4.78, 5) is 12.3. The van der Waals surface area contributed by atoms with Gasteiger partial charge >= 0.3 is 0 Å². The topological polar surface area (TPSA) is 57.8 Å². The number of carbonyl (C=O) groups excluding carboxylic acids is 1. The van der Waals surface area contributed by atoms with Crippen molar-refractivity contribution in [1.82, 2.24) is 15.5 Å². The number of aromatic nitrogens is 2. The molecule has 2 rings (SSSR count). The van der Waals surface area contributed by atoms with E-state index in [1.165, 1.54) is 6.42 Å². The smallest absolute Gasteiger partial charge is 0.253 e. The van der Waals surface area contributed by atoms with Gasteiger partial charge in [-0.05, 0) is 25.3 Å². The number of aromatic amines is 1. The zero-order chi connectivity index (χ0) is 14.5. The Labute approximate surface area is 120 Å². The Kier molecular flexibility index (Phi) is 4.77. The maximum atomic E-state index is 12.3. The first-order valence-electron chi connectivity index (χ1n) is 7.31. The molecule has 0 saturated heterocycles. The first-order chi connectivity index (χ1) is 9.58. The molecule has 0 aliphatic rings. The Hall–Kier alpha value is -1.84. The molecule has 4 heteroatoms. The summed E-state index contributed by atoms with van der Waals surface area (Å²) in [5, 5.41) is 10.9. The fraction of sp³-hybridized carbons (Fsp3) is 0.500. The lowest BCUT2D eigenvalue weighted by atomic mass is 10.0. The molecule has 108 valence electrons. The second-order valence-electron chi connectivity index (χ2n) is 5.84. The highest BCUT2D eigenvalue weighted by Crippen LogP contribution is 2.16. The molecule has 1 atom stereocenters. The van der Waals surface area contributed by atoms with Crippen molar-refractivity contribution in [3.63, 3.8) is 0 Å². The Morgan fingerprint density at radius 2 is 2.10 bits per heavy atom. The zero-order valence-corrected chi connectivity index (χ0v) is 12.4. The molecule has 0 fully saturated rings. The van der Waals surface area contributed by atoms with Crippen molar-refractivity contribution in [3.8, 4) is 0 Å². The number of amides is 1. The predicted molar refractivity (Wildman–Crippen MR) is 81.7 cm³/mol. The van der Waals surface area contributed by atoms with E-state index in [0.29, 0.717) is 5.56 Å². The molecule has 4 nitrogen and oxygen atoms in total. The van der Waals surface area contributed by atoms with Gasteiger partial charge in [-0.3, -0.25) is 9.89 Å².